The van der Waals surface area contributed by atoms with Gasteiger partial charge in [0.05, 0.1) is 21.3 Å². The van der Waals surface area contributed by atoms with Gasteiger partial charge in [-0.15, -0.1) is 0 Å². The fourth-order valence-corrected chi connectivity index (χ4v) is 2.56. The molecule has 27 heavy (non-hydrogen) atoms. The van der Waals surface area contributed by atoms with E-state index in [2.05, 4.69) is 16.2 Å². The summed E-state index contributed by atoms with van der Waals surface area (Å²) in [5, 5.41) is 3.36. The first-order valence-electron chi connectivity index (χ1n) is 8.27. The summed E-state index contributed by atoms with van der Waals surface area (Å²) in [6.45, 7) is 0.649. The number of hydrazine groups is 1. The van der Waals surface area contributed by atoms with Crippen LogP contribution in [-0.2, 0) is 6.42 Å². The van der Waals surface area contributed by atoms with E-state index in [1.54, 1.807) is 12.1 Å². The van der Waals surface area contributed by atoms with Crippen molar-refractivity contribution in [3.63, 3.8) is 0 Å². The molecule has 2 aromatic rings. The Morgan fingerprint density at radius 3 is 2.15 bits per heavy atom. The van der Waals surface area contributed by atoms with Crippen molar-refractivity contribution in [1.82, 2.24) is 16.2 Å². The molecule has 0 radical (unpaired) electrons. The average Bonchev–Trinajstić information content (AvgIpc) is 2.71. The summed E-state index contributed by atoms with van der Waals surface area (Å²) in [4.78, 5) is 12.4. The smallest absolute Gasteiger partial charge is 0.269 e. The minimum atomic E-state index is -0.388. The molecular weight excluding hydrogens is 366 g/mol. The van der Waals surface area contributed by atoms with E-state index in [4.69, 9.17) is 26.4 Å². The molecule has 2 rings (SSSR count). The van der Waals surface area contributed by atoms with Crippen LogP contribution < -0.4 is 30.4 Å². The van der Waals surface area contributed by atoms with Gasteiger partial charge in [0.2, 0.25) is 5.75 Å². The number of rotatable bonds is 7. The summed E-state index contributed by atoms with van der Waals surface area (Å²) in [6, 6.07) is 13.2. The molecule has 8 heteroatoms. The Bertz CT molecular complexity index is 759. The highest BCUT2D eigenvalue weighted by molar-refractivity contribution is 7.80. The van der Waals surface area contributed by atoms with Crippen LogP contribution in [0.1, 0.15) is 15.9 Å². The molecule has 7 nitrogen and oxygen atoms in total. The number of carbonyl (C=O) groups is 1. The van der Waals surface area contributed by atoms with E-state index in [1.807, 2.05) is 30.3 Å². The standard InChI is InChI=1S/C19H23N3O4S/c1-24-15-11-14(12-16(25-2)17(15)26-3)18(23)21-22-19(27)20-10-9-13-7-5-4-6-8-13/h4-8,11-12H,9-10H2,1-3H3,(H,21,23)(H2,20,22,27). The predicted molar refractivity (Wildman–Crippen MR) is 107 cm³/mol. The molecule has 1 amide bonds. The molecule has 0 spiro atoms. The zero-order valence-electron chi connectivity index (χ0n) is 15.5. The fraction of sp³-hybridized carbons (Fsp3) is 0.263. The molecule has 0 unspecified atom stereocenters. The summed E-state index contributed by atoms with van der Waals surface area (Å²) in [5.74, 6) is 0.820. The minimum Gasteiger partial charge on any atom is -0.493 e. The number of nitrogens with one attached hydrogen (secondary N) is 3. The van der Waals surface area contributed by atoms with Gasteiger partial charge in [0.1, 0.15) is 0 Å². The van der Waals surface area contributed by atoms with Crippen LogP contribution in [0.3, 0.4) is 0 Å². The number of carbonyl (C=O) groups excluding carboxylic acids is 1. The summed E-state index contributed by atoms with van der Waals surface area (Å²) < 4.78 is 15.7. The third-order valence-corrected chi connectivity index (χ3v) is 4.00. The third kappa shape index (κ3) is 5.75. The lowest BCUT2D eigenvalue weighted by atomic mass is 10.1. The highest BCUT2D eigenvalue weighted by Gasteiger charge is 2.17. The second-order valence-corrected chi connectivity index (χ2v) is 5.89. The molecule has 2 aromatic carbocycles. The van der Waals surface area contributed by atoms with Crippen molar-refractivity contribution < 1.29 is 19.0 Å². The second-order valence-electron chi connectivity index (χ2n) is 5.48. The Morgan fingerprint density at radius 2 is 1.59 bits per heavy atom. The van der Waals surface area contributed by atoms with Crippen LogP contribution in [0.15, 0.2) is 42.5 Å². The van der Waals surface area contributed by atoms with Crippen molar-refractivity contribution in [2.45, 2.75) is 6.42 Å². The molecule has 0 aromatic heterocycles. The van der Waals surface area contributed by atoms with Crippen LogP contribution in [0.2, 0.25) is 0 Å². The molecule has 0 aliphatic carbocycles. The molecular formula is C19H23N3O4S. The Labute approximate surface area is 164 Å². The van der Waals surface area contributed by atoms with E-state index < -0.39 is 0 Å². The minimum absolute atomic E-state index is 0.326. The zero-order valence-corrected chi connectivity index (χ0v) is 16.3. The molecule has 0 aliphatic heterocycles. The Balaban J connectivity index is 1.88. The van der Waals surface area contributed by atoms with E-state index in [0.717, 1.165) is 6.42 Å². The normalized spacial score (nSPS) is 9.89. The number of hydrogen-bond donors (Lipinski definition) is 3. The Hall–Kier alpha value is -3.00. The van der Waals surface area contributed by atoms with Crippen LogP contribution >= 0.6 is 12.2 Å². The fourth-order valence-electron chi connectivity index (χ4n) is 2.41. The summed E-state index contributed by atoms with van der Waals surface area (Å²) in [7, 11) is 4.48. The topological polar surface area (TPSA) is 80.9 Å². The van der Waals surface area contributed by atoms with E-state index in [9.17, 15) is 4.79 Å². The van der Waals surface area contributed by atoms with E-state index in [-0.39, 0.29) is 5.91 Å². The second kappa shape index (κ2) is 10.2. The van der Waals surface area contributed by atoms with E-state index in [1.165, 1.54) is 26.9 Å². The Kier molecular flexibility index (Phi) is 7.69. The van der Waals surface area contributed by atoms with Gasteiger partial charge < -0.3 is 19.5 Å². The highest BCUT2D eigenvalue weighted by atomic mass is 32.1. The van der Waals surface area contributed by atoms with Gasteiger partial charge >= 0.3 is 0 Å². The number of methoxy groups -OCH3 is 3. The zero-order chi connectivity index (χ0) is 19.6. The van der Waals surface area contributed by atoms with Gasteiger partial charge in [-0.2, -0.15) is 0 Å². The lowest BCUT2D eigenvalue weighted by molar-refractivity contribution is 0.0943. The van der Waals surface area contributed by atoms with Gasteiger partial charge in [0.25, 0.3) is 5.91 Å². The number of thiocarbonyl (C=S) groups is 1. The number of hydrogen-bond acceptors (Lipinski definition) is 5. The van der Waals surface area contributed by atoms with Gasteiger partial charge in [-0.3, -0.25) is 15.6 Å². The lowest BCUT2D eigenvalue weighted by Gasteiger charge is -2.15. The summed E-state index contributed by atoms with van der Waals surface area (Å²) in [5.41, 5.74) is 6.76. The maximum absolute atomic E-state index is 12.4. The SMILES string of the molecule is COc1cc(C(=O)NNC(=S)NCCc2ccccc2)cc(OC)c1OC. The van der Waals surface area contributed by atoms with Crippen molar-refractivity contribution in [3.05, 3.63) is 53.6 Å². The van der Waals surface area contributed by atoms with Gasteiger partial charge in [-0.25, -0.2) is 0 Å². The van der Waals surface area contributed by atoms with Crippen LogP contribution in [0, 0.1) is 0 Å². The van der Waals surface area contributed by atoms with Crippen LogP contribution in [0.5, 0.6) is 17.2 Å². The summed E-state index contributed by atoms with van der Waals surface area (Å²) >= 11 is 5.17. The predicted octanol–water partition coefficient (Wildman–Crippen LogP) is 2.06. The number of ether oxygens (including phenoxy) is 3. The average molecular weight is 389 g/mol. The first-order valence-corrected chi connectivity index (χ1v) is 8.68. The van der Waals surface area contributed by atoms with Gasteiger partial charge in [-0.05, 0) is 36.3 Å². The van der Waals surface area contributed by atoms with E-state index in [0.29, 0.717) is 34.5 Å². The first kappa shape index (κ1) is 20.3. The molecule has 0 saturated carbocycles. The Morgan fingerprint density at radius 1 is 0.963 bits per heavy atom. The molecule has 0 atom stereocenters. The maximum Gasteiger partial charge on any atom is 0.269 e. The largest absolute Gasteiger partial charge is 0.493 e. The third-order valence-electron chi connectivity index (χ3n) is 3.76. The van der Waals surface area contributed by atoms with Crippen molar-refractivity contribution in [3.8, 4) is 17.2 Å². The molecule has 0 saturated heterocycles. The van der Waals surface area contributed by atoms with Crippen molar-refractivity contribution in [1.29, 1.82) is 0 Å². The van der Waals surface area contributed by atoms with Gasteiger partial charge in [0, 0.05) is 12.1 Å². The van der Waals surface area contributed by atoms with Crippen molar-refractivity contribution in [2.24, 2.45) is 0 Å². The first-order chi connectivity index (χ1) is 13.1. The molecule has 0 heterocycles. The molecule has 3 N–H and O–H groups in total. The van der Waals surface area contributed by atoms with Crippen LogP contribution in [-0.4, -0.2) is 38.9 Å². The molecule has 144 valence electrons. The highest BCUT2D eigenvalue weighted by Crippen LogP contribution is 2.38. The van der Waals surface area contributed by atoms with E-state index >= 15 is 0 Å². The lowest BCUT2D eigenvalue weighted by Crippen LogP contribution is -2.47. The molecule has 0 aliphatic rings. The van der Waals surface area contributed by atoms with Crippen LogP contribution in [0.4, 0.5) is 0 Å². The molecule has 0 fully saturated rings. The summed E-state index contributed by atoms with van der Waals surface area (Å²) in [6.07, 6.45) is 0.823. The maximum atomic E-state index is 12.4. The van der Waals surface area contributed by atoms with Gasteiger partial charge in [0.15, 0.2) is 16.6 Å². The quantitative estimate of drug-likeness (QED) is 0.494. The number of amides is 1. The van der Waals surface area contributed by atoms with Gasteiger partial charge in [-0.1, -0.05) is 30.3 Å². The van der Waals surface area contributed by atoms with Crippen molar-refractivity contribution in [2.75, 3.05) is 27.9 Å². The van der Waals surface area contributed by atoms with Crippen LogP contribution in [0.25, 0.3) is 0 Å². The number of benzene rings is 2. The molecule has 0 bridgehead atoms. The monoisotopic (exact) mass is 389 g/mol. The van der Waals surface area contributed by atoms with Crippen molar-refractivity contribution >= 4 is 23.2 Å².